The molecular weight excluding hydrogens is 304 g/mol. The summed E-state index contributed by atoms with van der Waals surface area (Å²) >= 11 is 6.06. The lowest BCUT2D eigenvalue weighted by molar-refractivity contribution is 0.798. The van der Waals surface area contributed by atoms with Crippen LogP contribution in [-0.2, 0) is 6.54 Å². The largest absolute Gasteiger partial charge is 0.347 e. The van der Waals surface area contributed by atoms with E-state index in [-0.39, 0.29) is 0 Å². The van der Waals surface area contributed by atoms with Crippen LogP contribution in [0.3, 0.4) is 0 Å². The number of rotatable bonds is 2. The molecule has 4 rings (SSSR count). The van der Waals surface area contributed by atoms with Gasteiger partial charge in [-0.15, -0.1) is 0 Å². The first kappa shape index (κ1) is 14.3. The predicted octanol–water partition coefficient (Wildman–Crippen LogP) is 5.84. The van der Waals surface area contributed by atoms with Gasteiger partial charge < -0.3 is 4.57 Å². The summed E-state index contributed by atoms with van der Waals surface area (Å²) in [4.78, 5) is 4.83. The molecule has 0 saturated carbocycles. The minimum absolute atomic E-state index is 0.741. The van der Waals surface area contributed by atoms with Gasteiger partial charge in [0.1, 0.15) is 0 Å². The molecule has 2 aromatic carbocycles. The highest BCUT2D eigenvalue weighted by Crippen LogP contribution is 2.31. The normalized spacial score (nSPS) is 11.4. The van der Waals surface area contributed by atoms with Crippen molar-refractivity contribution in [2.75, 3.05) is 0 Å². The summed E-state index contributed by atoms with van der Waals surface area (Å²) in [7, 11) is 0. The Morgan fingerprint density at radius 3 is 2.74 bits per heavy atom. The maximum atomic E-state index is 6.06. The quantitative estimate of drug-likeness (QED) is 0.454. The molecule has 0 atom stereocenters. The van der Waals surface area contributed by atoms with Gasteiger partial charge in [-0.05, 0) is 49.7 Å². The molecule has 114 valence electrons. The van der Waals surface area contributed by atoms with E-state index < -0.39 is 0 Å². The molecule has 0 aliphatic heterocycles. The van der Waals surface area contributed by atoms with Crippen LogP contribution in [0.1, 0.15) is 12.5 Å². The van der Waals surface area contributed by atoms with Crippen LogP contribution in [0.15, 0.2) is 54.7 Å². The van der Waals surface area contributed by atoms with Crippen molar-refractivity contribution < 1.29 is 0 Å². The van der Waals surface area contributed by atoms with Crippen molar-refractivity contribution >= 4 is 33.4 Å². The Bertz CT molecular complexity index is 1030. The number of halogens is 1. The minimum Gasteiger partial charge on any atom is -0.347 e. The molecule has 0 N–H and O–H groups in total. The van der Waals surface area contributed by atoms with Crippen molar-refractivity contribution in [1.29, 1.82) is 0 Å². The van der Waals surface area contributed by atoms with Gasteiger partial charge in [-0.25, -0.2) is 4.98 Å². The third-order valence-corrected chi connectivity index (χ3v) is 4.54. The Kier molecular flexibility index (Phi) is 3.35. The van der Waals surface area contributed by atoms with Crippen molar-refractivity contribution in [2.24, 2.45) is 0 Å². The Labute approximate surface area is 140 Å². The van der Waals surface area contributed by atoms with Crippen molar-refractivity contribution in [1.82, 2.24) is 9.55 Å². The van der Waals surface area contributed by atoms with Gasteiger partial charge in [0, 0.05) is 39.6 Å². The van der Waals surface area contributed by atoms with Crippen LogP contribution in [0.4, 0.5) is 0 Å². The predicted molar refractivity (Wildman–Crippen MR) is 98.1 cm³/mol. The van der Waals surface area contributed by atoms with Crippen molar-refractivity contribution in [3.8, 4) is 11.3 Å². The Morgan fingerprint density at radius 2 is 1.91 bits per heavy atom. The van der Waals surface area contributed by atoms with Crippen molar-refractivity contribution in [3.05, 3.63) is 65.3 Å². The van der Waals surface area contributed by atoms with Gasteiger partial charge in [-0.1, -0.05) is 29.8 Å². The van der Waals surface area contributed by atoms with E-state index in [9.17, 15) is 0 Å². The third-order valence-electron chi connectivity index (χ3n) is 4.31. The first-order chi connectivity index (χ1) is 11.2. The van der Waals surface area contributed by atoms with E-state index in [2.05, 4.69) is 54.9 Å². The Hall–Kier alpha value is -2.32. The topological polar surface area (TPSA) is 17.8 Å². The molecule has 4 aromatic rings. The van der Waals surface area contributed by atoms with Gasteiger partial charge >= 0.3 is 0 Å². The summed E-state index contributed by atoms with van der Waals surface area (Å²) in [6.45, 7) is 5.24. The maximum Gasteiger partial charge on any atom is 0.0731 e. The number of aryl methyl sites for hydroxylation is 2. The molecule has 0 aliphatic rings. The van der Waals surface area contributed by atoms with Crippen LogP contribution in [0.25, 0.3) is 33.1 Å². The molecule has 0 amide bonds. The number of fused-ring (bicyclic) bond motifs is 2. The van der Waals surface area contributed by atoms with E-state index in [0.29, 0.717) is 0 Å². The van der Waals surface area contributed by atoms with E-state index in [1.165, 1.54) is 22.0 Å². The van der Waals surface area contributed by atoms with Crippen molar-refractivity contribution in [3.63, 3.8) is 0 Å². The van der Waals surface area contributed by atoms with Gasteiger partial charge in [-0.2, -0.15) is 0 Å². The highest BCUT2D eigenvalue weighted by molar-refractivity contribution is 6.31. The lowest BCUT2D eigenvalue weighted by atomic mass is 10.1. The summed E-state index contributed by atoms with van der Waals surface area (Å²) in [6.07, 6.45) is 2.20. The second-order valence-corrected chi connectivity index (χ2v) is 6.32. The molecule has 0 unspecified atom stereocenters. The fraction of sp³-hybridized carbons (Fsp3) is 0.150. The zero-order valence-corrected chi connectivity index (χ0v) is 13.9. The molecule has 2 nitrogen and oxygen atoms in total. The fourth-order valence-corrected chi connectivity index (χ4v) is 3.29. The smallest absolute Gasteiger partial charge is 0.0731 e. The molecule has 0 fully saturated rings. The number of benzene rings is 2. The highest BCUT2D eigenvalue weighted by Gasteiger charge is 2.11. The van der Waals surface area contributed by atoms with Crippen molar-refractivity contribution in [2.45, 2.75) is 20.4 Å². The first-order valence-electron chi connectivity index (χ1n) is 7.82. The van der Waals surface area contributed by atoms with Gasteiger partial charge in [-0.3, -0.25) is 0 Å². The zero-order chi connectivity index (χ0) is 16.0. The molecule has 3 heteroatoms. The zero-order valence-electron chi connectivity index (χ0n) is 13.2. The number of hydrogen-bond donors (Lipinski definition) is 0. The van der Waals surface area contributed by atoms with E-state index in [1.807, 2.05) is 18.2 Å². The molecule has 0 aliphatic carbocycles. The molecule has 0 radical (unpaired) electrons. The van der Waals surface area contributed by atoms with E-state index in [0.717, 1.165) is 28.2 Å². The second-order valence-electron chi connectivity index (χ2n) is 5.88. The van der Waals surface area contributed by atoms with Gasteiger partial charge in [0.15, 0.2) is 0 Å². The van der Waals surface area contributed by atoms with Crippen LogP contribution >= 0.6 is 11.6 Å². The Balaban J connectivity index is 1.96. The van der Waals surface area contributed by atoms with Crippen LogP contribution < -0.4 is 0 Å². The molecular formula is C20H17ClN2. The van der Waals surface area contributed by atoms with Gasteiger partial charge in [0.05, 0.1) is 11.2 Å². The van der Waals surface area contributed by atoms with Gasteiger partial charge in [0.25, 0.3) is 0 Å². The third kappa shape index (κ3) is 2.40. The molecule has 2 heterocycles. The minimum atomic E-state index is 0.741. The molecule has 0 spiro atoms. The van der Waals surface area contributed by atoms with Crippen LogP contribution in [0.5, 0.6) is 0 Å². The van der Waals surface area contributed by atoms with Gasteiger partial charge in [0.2, 0.25) is 0 Å². The molecule has 0 bridgehead atoms. The van der Waals surface area contributed by atoms with Crippen LogP contribution in [0, 0.1) is 6.92 Å². The summed E-state index contributed by atoms with van der Waals surface area (Å²) in [6, 6.07) is 16.6. The SMILES string of the molecule is CCn1cc(-c2ccc3cc(Cl)ccc3n2)c2ccc(C)cc21. The lowest BCUT2D eigenvalue weighted by Gasteiger charge is -2.03. The average Bonchev–Trinajstić information content (AvgIpc) is 2.92. The van der Waals surface area contributed by atoms with E-state index in [4.69, 9.17) is 16.6 Å². The lowest BCUT2D eigenvalue weighted by Crippen LogP contribution is -1.90. The van der Waals surface area contributed by atoms with E-state index >= 15 is 0 Å². The first-order valence-corrected chi connectivity index (χ1v) is 8.19. The summed E-state index contributed by atoms with van der Waals surface area (Å²) in [5.41, 5.74) is 5.69. The van der Waals surface area contributed by atoms with Crippen LogP contribution in [0.2, 0.25) is 5.02 Å². The number of pyridine rings is 1. The van der Waals surface area contributed by atoms with Crippen LogP contribution in [-0.4, -0.2) is 9.55 Å². The fourth-order valence-electron chi connectivity index (χ4n) is 3.11. The maximum absolute atomic E-state index is 6.06. The Morgan fingerprint density at radius 1 is 1.04 bits per heavy atom. The highest BCUT2D eigenvalue weighted by atomic mass is 35.5. The molecule has 23 heavy (non-hydrogen) atoms. The summed E-state index contributed by atoms with van der Waals surface area (Å²) in [5.74, 6) is 0. The molecule has 2 aromatic heterocycles. The molecule has 0 saturated heterocycles. The standard InChI is InChI=1S/C20H17ClN2/c1-3-23-12-17(16-7-4-13(2)10-20(16)23)19-8-5-14-11-15(21)6-9-18(14)22-19/h4-12H,3H2,1-2H3. The second kappa shape index (κ2) is 5.39. The number of nitrogens with zero attached hydrogens (tertiary/aromatic N) is 2. The monoisotopic (exact) mass is 320 g/mol. The number of aromatic nitrogens is 2. The van der Waals surface area contributed by atoms with E-state index in [1.54, 1.807) is 0 Å². The average molecular weight is 321 g/mol. The summed E-state index contributed by atoms with van der Waals surface area (Å²) < 4.78 is 2.28. The number of hydrogen-bond acceptors (Lipinski definition) is 1. The summed E-state index contributed by atoms with van der Waals surface area (Å²) in [5, 5.41) is 3.06.